The van der Waals surface area contributed by atoms with Crippen LogP contribution in [0.3, 0.4) is 0 Å². The van der Waals surface area contributed by atoms with Crippen molar-refractivity contribution in [2.24, 2.45) is 17.8 Å². The standard InChI is InChI=1S/C23H31F4N3O2/c1-15-17-5-7-20(21(15)17)30(9-3-2-8-29-10-12-32-13-11-29)22(31)28-16-4-6-19(24)18(14-16)23(25,26)27/h4,6,14-15,17,20-21H,2-3,5,7-13H2,1H3,(H,28,31). The van der Waals surface area contributed by atoms with E-state index in [1.807, 2.05) is 4.90 Å². The zero-order chi connectivity index (χ0) is 22.9. The number of urea groups is 1. The summed E-state index contributed by atoms with van der Waals surface area (Å²) in [6.07, 6.45) is -1.04. The van der Waals surface area contributed by atoms with Crippen molar-refractivity contribution in [3.8, 4) is 0 Å². The molecule has 2 amide bonds. The largest absolute Gasteiger partial charge is 0.419 e. The lowest BCUT2D eigenvalue weighted by Gasteiger charge is -2.32. The van der Waals surface area contributed by atoms with Gasteiger partial charge in [0.1, 0.15) is 5.82 Å². The molecular weight excluding hydrogens is 426 g/mol. The van der Waals surface area contributed by atoms with Crippen molar-refractivity contribution >= 4 is 11.7 Å². The molecule has 4 atom stereocenters. The van der Waals surface area contributed by atoms with Crippen LogP contribution in [0.1, 0.15) is 38.2 Å². The number of carbonyl (C=O) groups excluding carboxylic acids is 1. The third-order valence-electron chi connectivity index (χ3n) is 7.29. The van der Waals surface area contributed by atoms with Gasteiger partial charge in [0, 0.05) is 31.4 Å². The molecular formula is C23H31F4N3O2. The minimum atomic E-state index is -4.81. The average Bonchev–Trinajstić information content (AvgIpc) is 3.17. The molecule has 4 unspecified atom stereocenters. The first kappa shape index (κ1) is 23.3. The molecule has 1 N–H and O–H groups in total. The van der Waals surface area contributed by atoms with Crippen LogP contribution in [0.2, 0.25) is 0 Å². The number of amides is 2. The lowest BCUT2D eigenvalue weighted by Crippen LogP contribution is -2.44. The highest BCUT2D eigenvalue weighted by atomic mass is 19.4. The molecule has 32 heavy (non-hydrogen) atoms. The van der Waals surface area contributed by atoms with E-state index in [0.29, 0.717) is 30.4 Å². The number of anilines is 1. The van der Waals surface area contributed by atoms with Crippen molar-refractivity contribution in [1.29, 1.82) is 0 Å². The number of hydrogen-bond donors (Lipinski definition) is 1. The van der Waals surface area contributed by atoms with Gasteiger partial charge in [-0.2, -0.15) is 13.2 Å². The van der Waals surface area contributed by atoms with Crippen LogP contribution in [-0.4, -0.2) is 61.3 Å². The fourth-order valence-corrected chi connectivity index (χ4v) is 5.47. The van der Waals surface area contributed by atoms with Crippen LogP contribution < -0.4 is 5.32 Å². The molecule has 2 saturated carbocycles. The fraction of sp³-hybridized carbons (Fsp3) is 0.696. The van der Waals surface area contributed by atoms with Gasteiger partial charge in [0.2, 0.25) is 0 Å². The Morgan fingerprint density at radius 1 is 1.22 bits per heavy atom. The second-order valence-electron chi connectivity index (χ2n) is 9.22. The van der Waals surface area contributed by atoms with Crippen molar-refractivity contribution in [1.82, 2.24) is 9.80 Å². The van der Waals surface area contributed by atoms with Crippen LogP contribution in [0.5, 0.6) is 0 Å². The molecule has 3 aliphatic rings. The van der Waals surface area contributed by atoms with Gasteiger partial charge in [-0.05, 0) is 68.2 Å². The summed E-state index contributed by atoms with van der Waals surface area (Å²) in [6, 6.07) is 2.30. The molecule has 5 nitrogen and oxygen atoms in total. The summed E-state index contributed by atoms with van der Waals surface area (Å²) in [7, 11) is 0. The number of nitrogens with one attached hydrogen (secondary N) is 1. The summed E-state index contributed by atoms with van der Waals surface area (Å²) in [5.74, 6) is 0.353. The Labute approximate surface area is 186 Å². The summed E-state index contributed by atoms with van der Waals surface area (Å²) in [5, 5.41) is 2.60. The molecule has 1 saturated heterocycles. The molecule has 0 spiro atoms. The highest BCUT2D eigenvalue weighted by Crippen LogP contribution is 2.58. The first-order valence-electron chi connectivity index (χ1n) is 11.5. The monoisotopic (exact) mass is 457 g/mol. The minimum absolute atomic E-state index is 0.0413. The number of alkyl halides is 3. The first-order valence-corrected chi connectivity index (χ1v) is 11.5. The summed E-state index contributed by atoms with van der Waals surface area (Å²) < 4.78 is 58.1. The van der Waals surface area contributed by atoms with Gasteiger partial charge < -0.3 is 15.0 Å². The SMILES string of the molecule is CC1C2CCC(N(CCCCN3CCOCC3)C(=O)Nc3ccc(F)c(C(F)(F)F)c3)C12. The number of morpholine rings is 1. The lowest BCUT2D eigenvalue weighted by molar-refractivity contribution is -0.139. The Bertz CT molecular complexity index is 813. The minimum Gasteiger partial charge on any atom is -0.379 e. The summed E-state index contributed by atoms with van der Waals surface area (Å²) in [4.78, 5) is 17.3. The predicted octanol–water partition coefficient (Wildman–Crippen LogP) is 4.84. The third-order valence-corrected chi connectivity index (χ3v) is 7.29. The van der Waals surface area contributed by atoms with Crippen molar-refractivity contribution in [3.05, 3.63) is 29.6 Å². The summed E-state index contributed by atoms with van der Waals surface area (Å²) in [6.45, 7) is 7.03. The Morgan fingerprint density at radius 2 is 1.97 bits per heavy atom. The van der Waals surface area contributed by atoms with E-state index in [0.717, 1.165) is 64.6 Å². The summed E-state index contributed by atoms with van der Waals surface area (Å²) >= 11 is 0. The fourth-order valence-electron chi connectivity index (χ4n) is 5.47. The number of ether oxygens (including phenoxy) is 1. The maximum atomic E-state index is 13.6. The quantitative estimate of drug-likeness (QED) is 0.471. The van der Waals surface area contributed by atoms with Gasteiger partial charge in [0.15, 0.2) is 0 Å². The van der Waals surface area contributed by atoms with E-state index in [2.05, 4.69) is 17.1 Å². The topological polar surface area (TPSA) is 44.8 Å². The zero-order valence-corrected chi connectivity index (χ0v) is 18.3. The Balaban J connectivity index is 1.39. The van der Waals surface area contributed by atoms with Gasteiger partial charge in [-0.3, -0.25) is 4.90 Å². The number of benzene rings is 1. The van der Waals surface area contributed by atoms with Gasteiger partial charge >= 0.3 is 12.2 Å². The van der Waals surface area contributed by atoms with Crippen LogP contribution >= 0.6 is 0 Å². The zero-order valence-electron chi connectivity index (χ0n) is 18.3. The average molecular weight is 458 g/mol. The highest BCUT2D eigenvalue weighted by Gasteiger charge is 2.57. The molecule has 0 aromatic heterocycles. The normalized spacial score (nSPS) is 27.8. The molecule has 0 bridgehead atoms. The van der Waals surface area contributed by atoms with Crippen LogP contribution in [0.4, 0.5) is 28.0 Å². The van der Waals surface area contributed by atoms with Crippen molar-refractivity contribution in [3.63, 3.8) is 0 Å². The second kappa shape index (κ2) is 9.55. The number of unbranched alkanes of at least 4 members (excludes halogenated alkanes) is 1. The number of halogens is 4. The molecule has 1 heterocycles. The van der Waals surface area contributed by atoms with Crippen molar-refractivity contribution < 1.29 is 27.1 Å². The Morgan fingerprint density at radius 3 is 2.62 bits per heavy atom. The van der Waals surface area contributed by atoms with Gasteiger partial charge in [-0.25, -0.2) is 9.18 Å². The number of nitrogens with zero attached hydrogens (tertiary/aromatic N) is 2. The van der Waals surface area contributed by atoms with E-state index in [4.69, 9.17) is 4.74 Å². The van der Waals surface area contributed by atoms with Gasteiger partial charge in [-0.1, -0.05) is 6.92 Å². The van der Waals surface area contributed by atoms with Crippen molar-refractivity contribution in [2.75, 3.05) is 44.7 Å². The number of hydrogen-bond acceptors (Lipinski definition) is 3. The highest BCUT2D eigenvalue weighted by molar-refractivity contribution is 5.89. The number of rotatable bonds is 7. The number of carbonyl (C=O) groups is 1. The van der Waals surface area contributed by atoms with E-state index >= 15 is 0 Å². The summed E-state index contributed by atoms with van der Waals surface area (Å²) in [5.41, 5.74) is -1.41. The van der Waals surface area contributed by atoms with Crippen LogP contribution in [0.15, 0.2) is 18.2 Å². The molecule has 0 radical (unpaired) electrons. The van der Waals surface area contributed by atoms with E-state index in [1.165, 1.54) is 6.07 Å². The molecule has 1 aliphatic heterocycles. The molecule has 4 rings (SSSR count). The maximum Gasteiger partial charge on any atom is 0.419 e. The molecule has 2 aliphatic carbocycles. The lowest BCUT2D eigenvalue weighted by atomic mass is 10.1. The molecule has 9 heteroatoms. The Kier molecular flexibility index (Phi) is 6.95. The van der Waals surface area contributed by atoms with E-state index < -0.39 is 23.6 Å². The smallest absolute Gasteiger partial charge is 0.379 e. The Hall–Kier alpha value is -1.87. The predicted molar refractivity (Wildman–Crippen MR) is 113 cm³/mol. The van der Waals surface area contributed by atoms with Crippen LogP contribution in [0.25, 0.3) is 0 Å². The first-order chi connectivity index (χ1) is 15.3. The van der Waals surface area contributed by atoms with Crippen molar-refractivity contribution in [2.45, 2.75) is 44.8 Å². The number of fused-ring (bicyclic) bond motifs is 1. The van der Waals surface area contributed by atoms with E-state index in [9.17, 15) is 22.4 Å². The van der Waals surface area contributed by atoms with Gasteiger partial charge in [0.05, 0.1) is 18.8 Å². The van der Waals surface area contributed by atoms with Gasteiger partial charge in [-0.15, -0.1) is 0 Å². The van der Waals surface area contributed by atoms with Crippen LogP contribution in [0, 0.1) is 23.6 Å². The van der Waals surface area contributed by atoms with E-state index in [-0.39, 0.29) is 11.7 Å². The van der Waals surface area contributed by atoms with E-state index in [1.54, 1.807) is 0 Å². The van der Waals surface area contributed by atoms with Gasteiger partial charge in [0.25, 0.3) is 0 Å². The molecule has 1 aromatic rings. The van der Waals surface area contributed by atoms with Crippen LogP contribution in [-0.2, 0) is 10.9 Å². The third kappa shape index (κ3) is 5.20. The molecule has 1 aromatic carbocycles. The molecule has 178 valence electrons. The second-order valence-corrected chi connectivity index (χ2v) is 9.22. The maximum absolute atomic E-state index is 13.6. The molecule has 3 fully saturated rings.